The first kappa shape index (κ1) is 13.3. The van der Waals surface area contributed by atoms with Crippen LogP contribution in [-0.4, -0.2) is 31.4 Å². The summed E-state index contributed by atoms with van der Waals surface area (Å²) >= 11 is 5.63. The molecule has 16 heavy (non-hydrogen) atoms. The molecule has 1 aliphatic rings. The first-order valence-corrected chi connectivity index (χ1v) is 6.09. The summed E-state index contributed by atoms with van der Waals surface area (Å²) in [5, 5.41) is 2.62. The van der Waals surface area contributed by atoms with Gasteiger partial charge in [-0.1, -0.05) is 19.3 Å². The number of carbonyl (C=O) groups excluding carboxylic acids is 2. The van der Waals surface area contributed by atoms with Crippen LogP contribution in [-0.2, 0) is 9.53 Å². The quantitative estimate of drug-likeness (QED) is 0.774. The molecule has 1 saturated carbocycles. The Bertz CT molecular complexity index is 262. The number of ketones is 1. The predicted octanol–water partition coefficient (Wildman–Crippen LogP) is 2.10. The van der Waals surface area contributed by atoms with Crippen molar-refractivity contribution in [3.63, 3.8) is 0 Å². The number of hydrogen-bond acceptors (Lipinski definition) is 3. The van der Waals surface area contributed by atoms with Gasteiger partial charge in [0.05, 0.1) is 13.0 Å². The highest BCUT2D eigenvalue weighted by Gasteiger charge is 2.38. The van der Waals surface area contributed by atoms with E-state index in [1.807, 2.05) is 0 Å². The Morgan fingerprint density at radius 3 is 2.44 bits per heavy atom. The molecular weight excluding hydrogens is 230 g/mol. The number of amides is 1. The molecule has 1 N–H and O–H groups in total. The number of alkyl carbamates (subject to hydrolysis) is 1. The highest BCUT2D eigenvalue weighted by atomic mass is 35.5. The van der Waals surface area contributed by atoms with E-state index < -0.39 is 11.5 Å². The van der Waals surface area contributed by atoms with Crippen molar-refractivity contribution in [2.75, 3.05) is 19.5 Å². The molecule has 0 atom stereocenters. The maximum atomic E-state index is 11.9. The normalized spacial score (nSPS) is 18.9. The minimum Gasteiger partial charge on any atom is -0.453 e. The van der Waals surface area contributed by atoms with Crippen LogP contribution in [0, 0.1) is 5.41 Å². The van der Waals surface area contributed by atoms with E-state index in [-0.39, 0.29) is 11.7 Å². The van der Waals surface area contributed by atoms with Gasteiger partial charge in [0, 0.05) is 12.0 Å². The van der Waals surface area contributed by atoms with E-state index in [9.17, 15) is 9.59 Å². The molecule has 0 aromatic rings. The van der Waals surface area contributed by atoms with Crippen LogP contribution >= 0.6 is 11.6 Å². The summed E-state index contributed by atoms with van der Waals surface area (Å²) in [4.78, 5) is 22.9. The Labute approximate surface area is 101 Å². The third-order valence-corrected chi connectivity index (χ3v) is 3.52. The number of hydrogen-bond donors (Lipinski definition) is 1. The molecule has 0 aromatic heterocycles. The average molecular weight is 248 g/mol. The van der Waals surface area contributed by atoms with Crippen LogP contribution in [0.25, 0.3) is 0 Å². The molecule has 4 nitrogen and oxygen atoms in total. The summed E-state index contributed by atoms with van der Waals surface area (Å²) < 4.78 is 4.51. The van der Waals surface area contributed by atoms with E-state index in [0.717, 1.165) is 32.1 Å². The van der Waals surface area contributed by atoms with E-state index in [1.165, 1.54) is 7.11 Å². The Hall–Kier alpha value is -0.770. The topological polar surface area (TPSA) is 55.4 Å². The summed E-state index contributed by atoms with van der Waals surface area (Å²) in [6.45, 7) is 0.339. The molecule has 5 heteroatoms. The third-order valence-electron chi connectivity index (χ3n) is 3.28. The Morgan fingerprint density at radius 1 is 1.31 bits per heavy atom. The average Bonchev–Trinajstić information content (AvgIpc) is 2.36. The highest BCUT2D eigenvalue weighted by molar-refractivity contribution is 6.28. The lowest BCUT2D eigenvalue weighted by molar-refractivity contribution is -0.127. The van der Waals surface area contributed by atoms with Crippen LogP contribution in [0.5, 0.6) is 0 Å². The van der Waals surface area contributed by atoms with Crippen LogP contribution in [0.1, 0.15) is 32.1 Å². The fourth-order valence-electron chi connectivity index (χ4n) is 2.24. The van der Waals surface area contributed by atoms with Crippen molar-refractivity contribution >= 4 is 23.5 Å². The second-order valence-corrected chi connectivity index (χ2v) is 4.51. The van der Waals surface area contributed by atoms with Crippen LogP contribution in [0.15, 0.2) is 0 Å². The Morgan fingerprint density at radius 2 is 1.94 bits per heavy atom. The molecule has 0 spiro atoms. The lowest BCUT2D eigenvalue weighted by atomic mass is 9.71. The van der Waals surface area contributed by atoms with Gasteiger partial charge in [-0.25, -0.2) is 4.79 Å². The molecule has 0 bridgehead atoms. The summed E-state index contributed by atoms with van der Waals surface area (Å²) in [7, 11) is 1.31. The molecule has 1 rings (SSSR count). The van der Waals surface area contributed by atoms with Crippen molar-refractivity contribution in [3.8, 4) is 0 Å². The SMILES string of the molecule is COC(=O)NCC1(C(=O)CCl)CCCCC1. The van der Waals surface area contributed by atoms with Crippen LogP contribution in [0.2, 0.25) is 0 Å². The molecule has 0 saturated heterocycles. The molecule has 1 amide bonds. The minimum atomic E-state index is -0.493. The minimum absolute atomic E-state index is 0.0167. The molecule has 0 aromatic carbocycles. The largest absolute Gasteiger partial charge is 0.453 e. The maximum absolute atomic E-state index is 11.9. The lowest BCUT2D eigenvalue weighted by Gasteiger charge is -2.35. The lowest BCUT2D eigenvalue weighted by Crippen LogP contribution is -2.45. The van der Waals surface area contributed by atoms with E-state index in [0.29, 0.717) is 6.54 Å². The predicted molar refractivity (Wildman–Crippen MR) is 61.7 cm³/mol. The second kappa shape index (κ2) is 6.09. The molecule has 0 unspecified atom stereocenters. The summed E-state index contributed by atoms with van der Waals surface area (Å²) in [5.41, 5.74) is -0.464. The van der Waals surface area contributed by atoms with Gasteiger partial charge in [0.1, 0.15) is 0 Å². The summed E-state index contributed by atoms with van der Waals surface area (Å²) in [6, 6.07) is 0. The van der Waals surface area contributed by atoms with Crippen LogP contribution in [0.3, 0.4) is 0 Å². The van der Waals surface area contributed by atoms with Crippen molar-refractivity contribution < 1.29 is 14.3 Å². The first-order chi connectivity index (χ1) is 7.64. The van der Waals surface area contributed by atoms with Gasteiger partial charge in [-0.3, -0.25) is 4.79 Å². The van der Waals surface area contributed by atoms with Crippen molar-refractivity contribution in [1.29, 1.82) is 0 Å². The van der Waals surface area contributed by atoms with Gasteiger partial charge in [0.25, 0.3) is 0 Å². The van der Waals surface area contributed by atoms with Crippen molar-refractivity contribution in [2.45, 2.75) is 32.1 Å². The van der Waals surface area contributed by atoms with E-state index in [2.05, 4.69) is 10.1 Å². The summed E-state index contributed by atoms with van der Waals surface area (Å²) in [6.07, 6.45) is 4.31. The van der Waals surface area contributed by atoms with Gasteiger partial charge in [-0.2, -0.15) is 0 Å². The zero-order valence-corrected chi connectivity index (χ0v) is 10.3. The third kappa shape index (κ3) is 3.11. The van der Waals surface area contributed by atoms with Crippen molar-refractivity contribution in [2.24, 2.45) is 5.41 Å². The van der Waals surface area contributed by atoms with Gasteiger partial charge in [-0.05, 0) is 12.8 Å². The number of halogens is 1. The Kier molecular flexibility index (Phi) is 5.06. The van der Waals surface area contributed by atoms with Crippen LogP contribution in [0.4, 0.5) is 4.79 Å². The monoisotopic (exact) mass is 247 g/mol. The zero-order chi connectivity index (χ0) is 12.0. The number of nitrogens with one attached hydrogen (secondary N) is 1. The number of rotatable bonds is 4. The maximum Gasteiger partial charge on any atom is 0.406 e. The van der Waals surface area contributed by atoms with E-state index >= 15 is 0 Å². The molecule has 0 aliphatic heterocycles. The standard InChI is InChI=1S/C11H18ClNO3/c1-16-10(15)13-8-11(9(14)7-12)5-3-2-4-6-11/h2-8H2,1H3,(H,13,15). The number of methoxy groups -OCH3 is 1. The number of carbonyl (C=O) groups is 2. The van der Waals surface area contributed by atoms with Gasteiger partial charge >= 0.3 is 6.09 Å². The first-order valence-electron chi connectivity index (χ1n) is 5.56. The smallest absolute Gasteiger partial charge is 0.406 e. The molecule has 1 fully saturated rings. The molecule has 0 heterocycles. The number of alkyl halides is 1. The van der Waals surface area contributed by atoms with Gasteiger partial charge in [0.2, 0.25) is 0 Å². The zero-order valence-electron chi connectivity index (χ0n) is 9.55. The fourth-order valence-corrected chi connectivity index (χ4v) is 2.52. The second-order valence-electron chi connectivity index (χ2n) is 4.24. The highest BCUT2D eigenvalue weighted by Crippen LogP contribution is 2.37. The summed E-state index contributed by atoms with van der Waals surface area (Å²) in [5.74, 6) is 0.0494. The number of ether oxygens (including phenoxy) is 1. The fraction of sp³-hybridized carbons (Fsp3) is 0.818. The van der Waals surface area contributed by atoms with E-state index in [4.69, 9.17) is 11.6 Å². The molecular formula is C11H18ClNO3. The van der Waals surface area contributed by atoms with Gasteiger partial charge in [0.15, 0.2) is 5.78 Å². The molecule has 0 radical (unpaired) electrons. The van der Waals surface area contributed by atoms with Crippen LogP contribution < -0.4 is 5.32 Å². The van der Waals surface area contributed by atoms with Crippen molar-refractivity contribution in [3.05, 3.63) is 0 Å². The molecule has 1 aliphatic carbocycles. The number of Topliss-reactive ketones (excluding diaryl/α,β-unsaturated/α-hetero) is 1. The van der Waals surface area contributed by atoms with Crippen molar-refractivity contribution in [1.82, 2.24) is 5.32 Å². The van der Waals surface area contributed by atoms with Gasteiger partial charge < -0.3 is 10.1 Å². The van der Waals surface area contributed by atoms with Gasteiger partial charge in [-0.15, -0.1) is 11.6 Å². The molecule has 92 valence electrons. The van der Waals surface area contributed by atoms with E-state index in [1.54, 1.807) is 0 Å². The Balaban J connectivity index is 2.63.